The van der Waals surface area contributed by atoms with Crippen molar-refractivity contribution in [2.75, 3.05) is 5.32 Å². The van der Waals surface area contributed by atoms with Gasteiger partial charge in [-0.2, -0.15) is 0 Å². The van der Waals surface area contributed by atoms with Crippen LogP contribution < -0.4 is 15.4 Å². The van der Waals surface area contributed by atoms with Gasteiger partial charge in [-0.05, 0) is 48.4 Å². The lowest BCUT2D eigenvalue weighted by atomic mass is 10.1. The molecule has 36 heavy (non-hydrogen) atoms. The number of pyridine rings is 1. The number of benzene rings is 2. The van der Waals surface area contributed by atoms with Crippen LogP contribution in [0.4, 0.5) is 5.13 Å². The maximum Gasteiger partial charge on any atom is 0.250 e. The maximum absolute atomic E-state index is 12.4. The van der Waals surface area contributed by atoms with E-state index in [9.17, 15) is 9.59 Å². The second-order valence-corrected chi connectivity index (χ2v) is 8.94. The molecule has 0 saturated carbocycles. The number of hydrogen-bond acceptors (Lipinski definition) is 6. The van der Waals surface area contributed by atoms with Crippen LogP contribution in [-0.2, 0) is 16.2 Å². The van der Waals surface area contributed by atoms with Crippen molar-refractivity contribution in [3.05, 3.63) is 101 Å². The molecule has 2 heterocycles. The molecule has 0 aliphatic heterocycles. The summed E-state index contributed by atoms with van der Waals surface area (Å²) in [4.78, 5) is 32.4. The molecule has 2 aromatic heterocycles. The lowest BCUT2D eigenvalue weighted by Crippen LogP contribution is -2.23. The van der Waals surface area contributed by atoms with Gasteiger partial charge >= 0.3 is 0 Å². The van der Waals surface area contributed by atoms with Crippen molar-refractivity contribution in [3.8, 4) is 17.0 Å². The Morgan fingerprint density at radius 1 is 1.06 bits per heavy atom. The van der Waals surface area contributed by atoms with Crippen molar-refractivity contribution in [1.82, 2.24) is 15.3 Å². The predicted molar refractivity (Wildman–Crippen MR) is 142 cm³/mol. The van der Waals surface area contributed by atoms with Gasteiger partial charge in [-0.3, -0.25) is 19.9 Å². The molecule has 1 unspecified atom stereocenters. The molecular weight excluding hydrogens is 472 g/mol. The number of amides is 2. The van der Waals surface area contributed by atoms with Crippen molar-refractivity contribution in [3.63, 3.8) is 0 Å². The molecule has 0 bridgehead atoms. The van der Waals surface area contributed by atoms with Gasteiger partial charge in [0, 0.05) is 30.1 Å². The lowest BCUT2D eigenvalue weighted by Gasteiger charge is -2.12. The standard InChI is InChI=1S/C28H26N4O3S/c1-19(30-20(2)33)22-9-11-23(12-10-22)26-18-36-28(31-26)32-27(34)15-8-21-6-13-25(14-7-21)35-17-24-5-3-4-16-29-24/h3-16,18-19H,17H2,1-2H3,(H,30,33)(H,31,32,34)/b15-8+. The first-order valence-corrected chi connectivity index (χ1v) is 12.3. The van der Waals surface area contributed by atoms with Crippen LogP contribution in [0.2, 0.25) is 0 Å². The summed E-state index contributed by atoms with van der Waals surface area (Å²) in [5.41, 5.74) is 4.46. The number of carbonyl (C=O) groups is 2. The minimum Gasteiger partial charge on any atom is -0.487 e. The van der Waals surface area contributed by atoms with Crippen LogP contribution in [0.5, 0.6) is 5.75 Å². The third-order valence-corrected chi connectivity index (χ3v) is 6.04. The van der Waals surface area contributed by atoms with Gasteiger partial charge in [0.2, 0.25) is 11.8 Å². The number of thiazole rings is 1. The van der Waals surface area contributed by atoms with Gasteiger partial charge in [0.05, 0.1) is 17.4 Å². The summed E-state index contributed by atoms with van der Waals surface area (Å²) in [6, 6.07) is 21.0. The average molecular weight is 499 g/mol. The van der Waals surface area contributed by atoms with Gasteiger partial charge in [0.1, 0.15) is 12.4 Å². The first-order valence-electron chi connectivity index (χ1n) is 11.4. The van der Waals surface area contributed by atoms with Crippen molar-refractivity contribution in [1.29, 1.82) is 0 Å². The van der Waals surface area contributed by atoms with Gasteiger partial charge in [-0.15, -0.1) is 11.3 Å². The van der Waals surface area contributed by atoms with E-state index in [1.54, 1.807) is 12.3 Å². The summed E-state index contributed by atoms with van der Waals surface area (Å²) in [5.74, 6) is 0.407. The van der Waals surface area contributed by atoms with Crippen molar-refractivity contribution >= 4 is 34.4 Å². The van der Waals surface area contributed by atoms with Crippen molar-refractivity contribution in [2.24, 2.45) is 0 Å². The van der Waals surface area contributed by atoms with Crippen LogP contribution in [0, 0.1) is 0 Å². The minimum absolute atomic E-state index is 0.0658. The number of anilines is 1. The Balaban J connectivity index is 1.29. The monoisotopic (exact) mass is 498 g/mol. The number of hydrogen-bond donors (Lipinski definition) is 2. The molecule has 0 spiro atoms. The van der Waals surface area contributed by atoms with E-state index in [0.717, 1.165) is 33.8 Å². The van der Waals surface area contributed by atoms with Crippen LogP contribution >= 0.6 is 11.3 Å². The smallest absolute Gasteiger partial charge is 0.250 e. The fourth-order valence-electron chi connectivity index (χ4n) is 3.43. The number of ether oxygens (including phenoxy) is 1. The summed E-state index contributed by atoms with van der Waals surface area (Å²) in [7, 11) is 0. The second-order valence-electron chi connectivity index (χ2n) is 8.08. The van der Waals surface area contributed by atoms with Gasteiger partial charge < -0.3 is 10.1 Å². The molecule has 0 aliphatic carbocycles. The molecule has 7 nitrogen and oxygen atoms in total. The zero-order valence-corrected chi connectivity index (χ0v) is 20.8. The largest absolute Gasteiger partial charge is 0.487 e. The fourth-order valence-corrected chi connectivity index (χ4v) is 4.15. The second kappa shape index (κ2) is 11.9. The topological polar surface area (TPSA) is 93.2 Å². The first-order chi connectivity index (χ1) is 17.5. The van der Waals surface area contributed by atoms with Gasteiger partial charge in [-0.25, -0.2) is 4.98 Å². The third-order valence-electron chi connectivity index (χ3n) is 5.28. The van der Waals surface area contributed by atoms with Gasteiger partial charge in [-0.1, -0.05) is 42.5 Å². The molecule has 4 rings (SSSR count). The number of rotatable bonds is 9. The molecular formula is C28H26N4O3S. The van der Waals surface area contributed by atoms with Gasteiger partial charge in [0.15, 0.2) is 5.13 Å². The van der Waals surface area contributed by atoms with E-state index in [1.165, 1.54) is 24.3 Å². The van der Waals surface area contributed by atoms with E-state index < -0.39 is 0 Å². The normalized spacial score (nSPS) is 11.7. The Bertz CT molecular complexity index is 1330. The minimum atomic E-state index is -0.258. The molecule has 2 amide bonds. The first kappa shape index (κ1) is 24.8. The van der Waals surface area contributed by atoms with Crippen LogP contribution in [0.3, 0.4) is 0 Å². The highest BCUT2D eigenvalue weighted by atomic mass is 32.1. The number of carbonyl (C=O) groups excluding carboxylic acids is 2. The Morgan fingerprint density at radius 2 is 1.83 bits per heavy atom. The molecule has 0 radical (unpaired) electrons. The Kier molecular flexibility index (Phi) is 8.20. The van der Waals surface area contributed by atoms with E-state index in [-0.39, 0.29) is 17.9 Å². The molecule has 8 heteroatoms. The van der Waals surface area contributed by atoms with E-state index in [1.807, 2.05) is 79.0 Å². The van der Waals surface area contributed by atoms with Crippen LogP contribution in [0.25, 0.3) is 17.3 Å². The maximum atomic E-state index is 12.4. The van der Waals surface area contributed by atoms with Crippen molar-refractivity contribution < 1.29 is 14.3 Å². The summed E-state index contributed by atoms with van der Waals surface area (Å²) in [5, 5.41) is 8.09. The molecule has 2 N–H and O–H groups in total. The number of aromatic nitrogens is 2. The van der Waals surface area contributed by atoms with Crippen LogP contribution in [0.15, 0.2) is 84.4 Å². The molecule has 0 aliphatic rings. The number of nitrogens with one attached hydrogen (secondary N) is 2. The molecule has 2 aromatic carbocycles. The van der Waals surface area contributed by atoms with Crippen LogP contribution in [-0.4, -0.2) is 21.8 Å². The Morgan fingerprint density at radius 3 is 2.53 bits per heavy atom. The van der Waals surface area contributed by atoms with E-state index in [4.69, 9.17) is 4.74 Å². The zero-order valence-electron chi connectivity index (χ0n) is 20.0. The SMILES string of the molecule is CC(=O)NC(C)c1ccc(-c2csc(NC(=O)/C=C/c3ccc(OCc4ccccn4)cc3)n2)cc1. The quantitative estimate of drug-likeness (QED) is 0.292. The summed E-state index contributed by atoms with van der Waals surface area (Å²) < 4.78 is 5.73. The Hall–Kier alpha value is -4.30. The summed E-state index contributed by atoms with van der Waals surface area (Å²) >= 11 is 1.36. The highest BCUT2D eigenvalue weighted by molar-refractivity contribution is 7.14. The molecule has 1 atom stereocenters. The lowest BCUT2D eigenvalue weighted by molar-refractivity contribution is -0.119. The Labute approximate surface area is 213 Å². The predicted octanol–water partition coefficient (Wildman–Crippen LogP) is 5.63. The van der Waals surface area contributed by atoms with Crippen LogP contribution in [0.1, 0.15) is 36.7 Å². The molecule has 4 aromatic rings. The highest BCUT2D eigenvalue weighted by Crippen LogP contribution is 2.26. The average Bonchev–Trinajstić information content (AvgIpc) is 3.35. The molecule has 182 valence electrons. The van der Waals surface area contributed by atoms with Gasteiger partial charge in [0.25, 0.3) is 0 Å². The summed E-state index contributed by atoms with van der Waals surface area (Å²) in [6.07, 6.45) is 4.95. The fraction of sp³-hybridized carbons (Fsp3) is 0.143. The zero-order chi connectivity index (χ0) is 25.3. The third kappa shape index (κ3) is 7.10. The molecule has 0 fully saturated rings. The number of nitrogens with zero attached hydrogens (tertiary/aromatic N) is 2. The molecule has 0 saturated heterocycles. The van der Waals surface area contributed by atoms with E-state index in [0.29, 0.717) is 11.7 Å². The highest BCUT2D eigenvalue weighted by Gasteiger charge is 2.09. The van der Waals surface area contributed by atoms with E-state index >= 15 is 0 Å². The summed E-state index contributed by atoms with van der Waals surface area (Å²) in [6.45, 7) is 3.84. The van der Waals surface area contributed by atoms with E-state index in [2.05, 4.69) is 20.6 Å². The van der Waals surface area contributed by atoms with Crippen molar-refractivity contribution in [2.45, 2.75) is 26.5 Å².